The second-order valence-electron chi connectivity index (χ2n) is 5.31. The third-order valence-electron chi connectivity index (χ3n) is 3.13. The highest BCUT2D eigenvalue weighted by molar-refractivity contribution is 6.55. The maximum Gasteiger partial charge on any atom is 0.222 e. The average molecular weight is 459 g/mol. The molecular weight excluding hydrogens is 436 g/mol. The summed E-state index contributed by atoms with van der Waals surface area (Å²) in [7, 11) is 0. The van der Waals surface area contributed by atoms with Gasteiger partial charge in [-0.2, -0.15) is 0 Å². The second-order valence-corrected chi connectivity index (χ2v) is 7.13. The average Bonchev–Trinajstić information content (AvgIpc) is 2.60. The normalized spacial score (nSPS) is 11.1. The molecule has 1 aromatic carbocycles. The second kappa shape index (κ2) is 14.1. The largest absolute Gasteiger partial charge is 0.490 e. The Morgan fingerprint density at radius 3 is 2.33 bits per heavy atom. The van der Waals surface area contributed by atoms with Gasteiger partial charge in [-0.05, 0) is 32.3 Å². The summed E-state index contributed by atoms with van der Waals surface area (Å²) in [6.07, 6.45) is 4.18. The van der Waals surface area contributed by atoms with Crippen molar-refractivity contribution in [2.75, 3.05) is 26.4 Å². The Hall–Kier alpha value is -1.01. The van der Waals surface area contributed by atoms with Crippen molar-refractivity contribution in [3.8, 4) is 11.5 Å². The van der Waals surface area contributed by atoms with Crippen LogP contribution in [0.15, 0.2) is 27.9 Å². The molecule has 9 heteroatoms. The van der Waals surface area contributed by atoms with E-state index >= 15 is 0 Å². The van der Waals surface area contributed by atoms with Crippen molar-refractivity contribution in [1.82, 2.24) is 0 Å². The van der Waals surface area contributed by atoms with Gasteiger partial charge in [0.05, 0.1) is 23.3 Å². The van der Waals surface area contributed by atoms with Crippen LogP contribution in [0.5, 0.6) is 11.5 Å². The summed E-state index contributed by atoms with van der Waals surface area (Å²) in [5.74, 6) is 1.47. The Labute approximate surface area is 180 Å². The van der Waals surface area contributed by atoms with E-state index in [1.54, 1.807) is 19.1 Å². The van der Waals surface area contributed by atoms with Gasteiger partial charge in [0.1, 0.15) is 23.5 Å². The first-order valence-electron chi connectivity index (χ1n) is 8.49. The molecule has 152 valence electrons. The fraction of sp³-hybridized carbons (Fsp3) is 0.500. The van der Waals surface area contributed by atoms with Gasteiger partial charge >= 0.3 is 0 Å². The SMILES string of the molecule is CCON=C(C)OCCCCCOc1c(Cl)cc(OCC=C(Cl)Cl)cc1Cl. The molecule has 0 aliphatic carbocycles. The summed E-state index contributed by atoms with van der Waals surface area (Å²) in [6, 6.07) is 3.26. The van der Waals surface area contributed by atoms with E-state index in [0.29, 0.717) is 47.3 Å². The zero-order valence-corrected chi connectivity index (χ0v) is 18.3. The smallest absolute Gasteiger partial charge is 0.222 e. The summed E-state index contributed by atoms with van der Waals surface area (Å²) in [4.78, 5) is 4.90. The van der Waals surface area contributed by atoms with Gasteiger partial charge in [-0.15, -0.1) is 0 Å². The van der Waals surface area contributed by atoms with Crippen molar-refractivity contribution in [1.29, 1.82) is 0 Å². The molecule has 0 bridgehead atoms. The molecule has 0 saturated heterocycles. The van der Waals surface area contributed by atoms with Crippen molar-refractivity contribution >= 4 is 52.3 Å². The standard InChI is InChI=1S/C18H23Cl4NO4/c1-3-27-23-13(2)24-8-5-4-6-9-26-18-15(19)11-14(12-16(18)20)25-10-7-17(21)22/h7,11-12H,3-6,8-10H2,1-2H3. The highest BCUT2D eigenvalue weighted by Gasteiger charge is 2.10. The van der Waals surface area contributed by atoms with E-state index in [4.69, 9.17) is 65.5 Å². The highest BCUT2D eigenvalue weighted by Crippen LogP contribution is 2.37. The van der Waals surface area contributed by atoms with Gasteiger partial charge < -0.3 is 19.0 Å². The molecule has 0 fully saturated rings. The highest BCUT2D eigenvalue weighted by atomic mass is 35.5. The predicted octanol–water partition coefficient (Wildman–Crippen LogP) is 6.63. The van der Waals surface area contributed by atoms with Crippen molar-refractivity contribution in [2.45, 2.75) is 33.1 Å². The summed E-state index contributed by atoms with van der Waals surface area (Å²) in [6.45, 7) is 5.44. The summed E-state index contributed by atoms with van der Waals surface area (Å²) in [5, 5.41) is 4.54. The van der Waals surface area contributed by atoms with Crippen LogP contribution in [0.3, 0.4) is 0 Å². The van der Waals surface area contributed by atoms with Crippen molar-refractivity contribution in [3.05, 3.63) is 32.7 Å². The summed E-state index contributed by atoms with van der Waals surface area (Å²) in [5.41, 5.74) is 0. The van der Waals surface area contributed by atoms with Crippen LogP contribution in [0.1, 0.15) is 33.1 Å². The van der Waals surface area contributed by atoms with Gasteiger partial charge in [0.15, 0.2) is 5.75 Å². The summed E-state index contributed by atoms with van der Waals surface area (Å²) < 4.78 is 16.7. The molecule has 0 unspecified atom stereocenters. The molecule has 1 rings (SSSR count). The van der Waals surface area contributed by atoms with Crippen LogP contribution in [0.2, 0.25) is 10.0 Å². The lowest BCUT2D eigenvalue weighted by Crippen LogP contribution is -2.04. The molecule has 5 nitrogen and oxygen atoms in total. The molecule has 0 aromatic heterocycles. The number of hydrogen-bond donors (Lipinski definition) is 0. The number of ether oxygens (including phenoxy) is 3. The lowest BCUT2D eigenvalue weighted by molar-refractivity contribution is 0.143. The minimum atomic E-state index is 0.134. The zero-order valence-electron chi connectivity index (χ0n) is 15.3. The van der Waals surface area contributed by atoms with E-state index in [2.05, 4.69) is 5.16 Å². The van der Waals surface area contributed by atoms with E-state index in [1.165, 1.54) is 6.08 Å². The van der Waals surface area contributed by atoms with E-state index in [1.807, 2.05) is 6.92 Å². The Morgan fingerprint density at radius 2 is 1.70 bits per heavy atom. The topological polar surface area (TPSA) is 49.3 Å². The molecular formula is C18H23Cl4NO4. The number of halogens is 4. The molecule has 0 saturated carbocycles. The Morgan fingerprint density at radius 1 is 1.04 bits per heavy atom. The van der Waals surface area contributed by atoms with Crippen LogP contribution in [-0.4, -0.2) is 32.3 Å². The van der Waals surface area contributed by atoms with E-state index in [9.17, 15) is 0 Å². The molecule has 0 aliphatic rings. The first-order valence-corrected chi connectivity index (χ1v) is 10.00. The number of rotatable bonds is 12. The third-order valence-corrected chi connectivity index (χ3v) is 4.00. The quantitative estimate of drug-likeness (QED) is 0.153. The molecule has 0 aliphatic heterocycles. The molecule has 0 amide bonds. The predicted molar refractivity (Wildman–Crippen MR) is 112 cm³/mol. The van der Waals surface area contributed by atoms with Crippen molar-refractivity contribution in [3.63, 3.8) is 0 Å². The fourth-order valence-corrected chi connectivity index (χ4v) is 2.62. The molecule has 27 heavy (non-hydrogen) atoms. The number of benzene rings is 1. The molecule has 0 N–H and O–H groups in total. The third kappa shape index (κ3) is 10.8. The number of nitrogens with zero attached hydrogens (tertiary/aromatic N) is 1. The molecule has 0 atom stereocenters. The molecule has 0 radical (unpaired) electrons. The lowest BCUT2D eigenvalue weighted by Gasteiger charge is -2.12. The van der Waals surface area contributed by atoms with Crippen LogP contribution in [-0.2, 0) is 9.57 Å². The van der Waals surface area contributed by atoms with Crippen LogP contribution in [0, 0.1) is 0 Å². The molecule has 0 spiro atoms. The maximum absolute atomic E-state index is 6.21. The molecule has 1 aromatic rings. The van der Waals surface area contributed by atoms with Crippen LogP contribution >= 0.6 is 46.4 Å². The number of oxime groups is 1. The van der Waals surface area contributed by atoms with Crippen molar-refractivity contribution < 1.29 is 19.0 Å². The Bertz CT molecular complexity index is 611. The minimum absolute atomic E-state index is 0.134. The minimum Gasteiger partial charge on any atom is -0.490 e. The monoisotopic (exact) mass is 457 g/mol. The van der Waals surface area contributed by atoms with Gasteiger partial charge in [-0.1, -0.05) is 51.6 Å². The molecule has 0 heterocycles. The fourth-order valence-electron chi connectivity index (χ4n) is 1.92. The summed E-state index contributed by atoms with van der Waals surface area (Å²) >= 11 is 23.5. The van der Waals surface area contributed by atoms with Gasteiger partial charge in [-0.25, -0.2) is 0 Å². The number of hydrogen-bond acceptors (Lipinski definition) is 5. The van der Waals surface area contributed by atoms with E-state index in [-0.39, 0.29) is 11.1 Å². The van der Waals surface area contributed by atoms with Gasteiger partial charge in [0.25, 0.3) is 0 Å². The van der Waals surface area contributed by atoms with Crippen molar-refractivity contribution in [2.24, 2.45) is 5.16 Å². The zero-order chi connectivity index (χ0) is 20.1. The van der Waals surface area contributed by atoms with Crippen LogP contribution < -0.4 is 9.47 Å². The Kier molecular flexibility index (Phi) is 12.5. The first-order chi connectivity index (χ1) is 12.9. The van der Waals surface area contributed by atoms with E-state index in [0.717, 1.165) is 19.3 Å². The van der Waals surface area contributed by atoms with Crippen LogP contribution in [0.25, 0.3) is 0 Å². The number of unbranched alkanes of at least 4 members (excludes halogenated alkanes) is 2. The van der Waals surface area contributed by atoms with Gasteiger partial charge in [0.2, 0.25) is 5.90 Å². The lowest BCUT2D eigenvalue weighted by atomic mass is 10.2. The first kappa shape index (κ1) is 24.0. The van der Waals surface area contributed by atoms with Crippen LogP contribution in [0.4, 0.5) is 0 Å². The Balaban J connectivity index is 2.31. The van der Waals surface area contributed by atoms with Gasteiger partial charge in [0, 0.05) is 19.1 Å². The van der Waals surface area contributed by atoms with Gasteiger partial charge in [-0.3, -0.25) is 0 Å². The van der Waals surface area contributed by atoms with E-state index < -0.39 is 0 Å². The maximum atomic E-state index is 6.21.